The van der Waals surface area contributed by atoms with Crippen LogP contribution in [0.25, 0.3) is 11.4 Å². The smallest absolute Gasteiger partial charge is 0.233 e. The molecule has 28 heavy (non-hydrogen) atoms. The number of hydrogen-bond donors (Lipinski definition) is 0. The molecule has 3 aromatic rings. The highest BCUT2D eigenvalue weighted by Gasteiger charge is 2.22. The fraction of sp³-hybridized carbons (Fsp3) is 0.381. The molecular formula is C21H26N4O2S. The summed E-state index contributed by atoms with van der Waals surface area (Å²) in [6.45, 7) is 8.66. The van der Waals surface area contributed by atoms with Gasteiger partial charge in [-0.15, -0.1) is 10.2 Å². The molecule has 7 heteroatoms. The second-order valence-corrected chi connectivity index (χ2v) is 8.06. The van der Waals surface area contributed by atoms with Crippen LogP contribution in [-0.4, -0.2) is 43.4 Å². The van der Waals surface area contributed by atoms with E-state index >= 15 is 0 Å². The van der Waals surface area contributed by atoms with Crippen molar-refractivity contribution in [3.05, 3.63) is 54.5 Å². The number of carbonyl (C=O) groups is 1. The summed E-state index contributed by atoms with van der Waals surface area (Å²) in [5, 5.41) is 9.45. The molecule has 0 saturated carbocycles. The monoisotopic (exact) mass is 398 g/mol. The Morgan fingerprint density at radius 2 is 1.79 bits per heavy atom. The Balaban J connectivity index is 1.84. The first-order chi connectivity index (χ1) is 13.5. The van der Waals surface area contributed by atoms with E-state index in [9.17, 15) is 4.79 Å². The maximum Gasteiger partial charge on any atom is 0.233 e. The normalized spacial score (nSPS) is 11.4. The van der Waals surface area contributed by atoms with Crippen LogP contribution >= 0.6 is 11.8 Å². The van der Waals surface area contributed by atoms with Crippen LogP contribution in [0.1, 0.15) is 33.5 Å². The van der Waals surface area contributed by atoms with Gasteiger partial charge in [-0.05, 0) is 39.8 Å². The Labute approximate surface area is 169 Å². The van der Waals surface area contributed by atoms with E-state index in [-0.39, 0.29) is 18.0 Å². The summed E-state index contributed by atoms with van der Waals surface area (Å²) in [4.78, 5) is 14.6. The molecule has 0 aliphatic rings. The Hall–Kier alpha value is -2.54. The summed E-state index contributed by atoms with van der Waals surface area (Å²) in [6, 6.07) is 14.0. The minimum atomic E-state index is 0.101. The van der Waals surface area contributed by atoms with Crippen LogP contribution < -0.4 is 0 Å². The molecular weight excluding hydrogens is 372 g/mol. The standard InChI is InChI=1S/C21H26N4O2S/c1-15(2)25(16(3)4)19(26)14-28-21-23-22-20(17-9-6-5-7-10-17)24(21)13-18-11-8-12-27-18/h5-12,15-16H,13-14H2,1-4H3. The van der Waals surface area contributed by atoms with E-state index in [0.29, 0.717) is 17.5 Å². The Kier molecular flexibility index (Phi) is 6.57. The minimum absolute atomic E-state index is 0.101. The van der Waals surface area contributed by atoms with E-state index in [1.54, 1.807) is 6.26 Å². The van der Waals surface area contributed by atoms with E-state index in [1.807, 2.05) is 79.6 Å². The van der Waals surface area contributed by atoms with E-state index in [1.165, 1.54) is 11.8 Å². The molecule has 6 nitrogen and oxygen atoms in total. The summed E-state index contributed by atoms with van der Waals surface area (Å²) in [5.41, 5.74) is 0.978. The molecule has 0 aliphatic heterocycles. The van der Waals surface area contributed by atoms with E-state index in [0.717, 1.165) is 17.1 Å². The van der Waals surface area contributed by atoms with Gasteiger partial charge in [0.05, 0.1) is 18.6 Å². The van der Waals surface area contributed by atoms with Gasteiger partial charge in [-0.3, -0.25) is 9.36 Å². The average molecular weight is 399 g/mol. The van der Waals surface area contributed by atoms with Crippen molar-refractivity contribution in [1.82, 2.24) is 19.7 Å². The third-order valence-electron chi connectivity index (χ3n) is 4.37. The number of amides is 1. The van der Waals surface area contributed by atoms with E-state index < -0.39 is 0 Å². The molecule has 2 heterocycles. The van der Waals surface area contributed by atoms with Crippen LogP contribution in [0.4, 0.5) is 0 Å². The largest absolute Gasteiger partial charge is 0.467 e. The predicted octanol–water partition coefficient (Wildman–Crippen LogP) is 4.32. The molecule has 0 N–H and O–H groups in total. The van der Waals surface area contributed by atoms with Crippen molar-refractivity contribution in [3.63, 3.8) is 0 Å². The van der Waals surface area contributed by atoms with Gasteiger partial charge in [0.2, 0.25) is 5.91 Å². The first-order valence-corrected chi connectivity index (χ1v) is 10.4. The van der Waals surface area contributed by atoms with Crippen molar-refractivity contribution in [2.45, 2.75) is 51.5 Å². The molecule has 1 aromatic carbocycles. The van der Waals surface area contributed by atoms with Crippen LogP contribution in [-0.2, 0) is 11.3 Å². The first kappa shape index (κ1) is 20.2. The van der Waals surface area contributed by atoms with Gasteiger partial charge in [-0.1, -0.05) is 42.1 Å². The van der Waals surface area contributed by atoms with Crippen LogP contribution in [0.3, 0.4) is 0 Å². The van der Waals surface area contributed by atoms with Crippen molar-refractivity contribution in [2.24, 2.45) is 0 Å². The summed E-state index contributed by atoms with van der Waals surface area (Å²) < 4.78 is 7.52. The van der Waals surface area contributed by atoms with Gasteiger partial charge in [0.25, 0.3) is 0 Å². The lowest BCUT2D eigenvalue weighted by molar-refractivity contribution is -0.131. The summed E-state index contributed by atoms with van der Waals surface area (Å²) in [7, 11) is 0. The van der Waals surface area contributed by atoms with Gasteiger partial charge in [-0.2, -0.15) is 0 Å². The van der Waals surface area contributed by atoms with Crippen LogP contribution in [0, 0.1) is 0 Å². The average Bonchev–Trinajstić information content (AvgIpc) is 3.30. The molecule has 1 amide bonds. The number of rotatable bonds is 8. The Morgan fingerprint density at radius 1 is 1.07 bits per heavy atom. The molecule has 0 radical (unpaired) electrons. The maximum absolute atomic E-state index is 12.7. The van der Waals surface area contributed by atoms with Gasteiger partial charge in [0, 0.05) is 17.6 Å². The molecule has 0 spiro atoms. The van der Waals surface area contributed by atoms with Crippen LogP contribution in [0.15, 0.2) is 58.3 Å². The molecule has 0 aliphatic carbocycles. The van der Waals surface area contributed by atoms with Crippen molar-refractivity contribution in [2.75, 3.05) is 5.75 Å². The Morgan fingerprint density at radius 3 is 2.39 bits per heavy atom. The minimum Gasteiger partial charge on any atom is -0.467 e. The van der Waals surface area contributed by atoms with Gasteiger partial charge in [-0.25, -0.2) is 0 Å². The SMILES string of the molecule is CC(C)N(C(=O)CSc1nnc(-c2ccccc2)n1Cc1ccco1)C(C)C. The highest BCUT2D eigenvalue weighted by molar-refractivity contribution is 7.99. The molecule has 0 atom stereocenters. The van der Waals surface area contributed by atoms with Gasteiger partial charge < -0.3 is 9.32 Å². The van der Waals surface area contributed by atoms with Crippen molar-refractivity contribution in [1.29, 1.82) is 0 Å². The zero-order valence-corrected chi connectivity index (χ0v) is 17.5. The fourth-order valence-electron chi connectivity index (χ4n) is 3.27. The molecule has 0 saturated heterocycles. The first-order valence-electron chi connectivity index (χ1n) is 9.42. The second kappa shape index (κ2) is 9.10. The highest BCUT2D eigenvalue weighted by Crippen LogP contribution is 2.26. The highest BCUT2D eigenvalue weighted by atomic mass is 32.2. The summed E-state index contributed by atoms with van der Waals surface area (Å²) in [5.74, 6) is 2.00. The summed E-state index contributed by atoms with van der Waals surface area (Å²) in [6.07, 6.45) is 1.65. The Bertz CT molecular complexity index is 881. The number of benzene rings is 1. The maximum atomic E-state index is 12.7. The van der Waals surface area contributed by atoms with Crippen molar-refractivity contribution < 1.29 is 9.21 Å². The lowest BCUT2D eigenvalue weighted by Gasteiger charge is -2.30. The van der Waals surface area contributed by atoms with E-state index in [2.05, 4.69) is 10.2 Å². The molecule has 3 rings (SSSR count). The number of thioether (sulfide) groups is 1. The molecule has 2 aromatic heterocycles. The zero-order valence-electron chi connectivity index (χ0n) is 16.7. The molecule has 0 bridgehead atoms. The number of aromatic nitrogens is 3. The van der Waals surface area contributed by atoms with Gasteiger partial charge in [0.15, 0.2) is 11.0 Å². The third-order valence-corrected chi connectivity index (χ3v) is 5.32. The zero-order chi connectivity index (χ0) is 20.1. The van der Waals surface area contributed by atoms with Crippen molar-refractivity contribution in [3.8, 4) is 11.4 Å². The third kappa shape index (κ3) is 4.65. The number of nitrogens with zero attached hydrogens (tertiary/aromatic N) is 4. The lowest BCUT2D eigenvalue weighted by atomic mass is 10.2. The quantitative estimate of drug-likeness (QED) is 0.529. The second-order valence-electron chi connectivity index (χ2n) is 7.11. The van der Waals surface area contributed by atoms with E-state index in [4.69, 9.17) is 4.42 Å². The molecule has 0 unspecified atom stereocenters. The lowest BCUT2D eigenvalue weighted by Crippen LogP contribution is -2.43. The molecule has 148 valence electrons. The van der Waals surface area contributed by atoms with Crippen molar-refractivity contribution >= 4 is 17.7 Å². The van der Waals surface area contributed by atoms with Gasteiger partial charge in [0.1, 0.15) is 5.76 Å². The molecule has 0 fully saturated rings. The number of furan rings is 1. The number of hydrogen-bond acceptors (Lipinski definition) is 5. The van der Waals surface area contributed by atoms with Gasteiger partial charge >= 0.3 is 0 Å². The fourth-order valence-corrected chi connectivity index (χ4v) is 4.08. The topological polar surface area (TPSA) is 64.2 Å². The summed E-state index contributed by atoms with van der Waals surface area (Å²) >= 11 is 1.41. The van der Waals surface area contributed by atoms with Crippen LogP contribution in [0.2, 0.25) is 0 Å². The number of carbonyl (C=O) groups excluding carboxylic acids is 1. The predicted molar refractivity (Wildman–Crippen MR) is 111 cm³/mol. The van der Waals surface area contributed by atoms with Crippen LogP contribution in [0.5, 0.6) is 0 Å².